The van der Waals surface area contributed by atoms with Crippen LogP contribution in [-0.2, 0) is 19.5 Å². The lowest BCUT2D eigenvalue weighted by Gasteiger charge is -2.06. The quantitative estimate of drug-likeness (QED) is 0.582. The van der Waals surface area contributed by atoms with E-state index in [1.54, 1.807) is 19.2 Å². The van der Waals surface area contributed by atoms with E-state index in [9.17, 15) is 18.0 Å². The molecule has 3 aromatic rings. The highest BCUT2D eigenvalue weighted by Crippen LogP contribution is 2.28. The zero-order valence-corrected chi connectivity index (χ0v) is 15.7. The van der Waals surface area contributed by atoms with Gasteiger partial charge in [0, 0.05) is 25.0 Å². The number of benzene rings is 1. The number of hydrogen-bond acceptors (Lipinski definition) is 4. The van der Waals surface area contributed by atoms with Gasteiger partial charge in [0.2, 0.25) is 0 Å². The topological polar surface area (TPSA) is 74.0 Å². The van der Waals surface area contributed by atoms with Gasteiger partial charge in [0.1, 0.15) is 11.4 Å². The van der Waals surface area contributed by atoms with E-state index in [1.807, 2.05) is 30.3 Å². The molecule has 0 saturated carbocycles. The summed E-state index contributed by atoms with van der Waals surface area (Å²) >= 11 is 0. The Balaban J connectivity index is 1.43. The highest BCUT2D eigenvalue weighted by molar-refractivity contribution is 5.92. The number of aryl methyl sites for hydroxylation is 2. The van der Waals surface area contributed by atoms with Crippen molar-refractivity contribution in [1.82, 2.24) is 24.9 Å². The minimum Gasteiger partial charge on any atom is -0.471 e. The number of nitrogens with one attached hydrogen (secondary N) is 1. The number of amides is 1. The molecule has 0 aliphatic carbocycles. The monoisotopic (exact) mass is 407 g/mol. The molecule has 29 heavy (non-hydrogen) atoms. The van der Waals surface area contributed by atoms with Gasteiger partial charge in [-0.2, -0.15) is 23.4 Å². The van der Waals surface area contributed by atoms with Crippen LogP contribution in [0.5, 0.6) is 5.75 Å². The molecule has 2 aromatic heterocycles. The number of nitrogens with zero attached hydrogens (tertiary/aromatic N) is 4. The Hall–Kier alpha value is -3.30. The summed E-state index contributed by atoms with van der Waals surface area (Å²) in [4.78, 5) is 12.1. The number of carbonyl (C=O) groups is 1. The summed E-state index contributed by atoms with van der Waals surface area (Å²) in [5, 5.41) is 10.4. The maximum absolute atomic E-state index is 12.7. The summed E-state index contributed by atoms with van der Waals surface area (Å²) in [5.74, 6) is 0.327. The third kappa shape index (κ3) is 5.59. The van der Waals surface area contributed by atoms with Crippen LogP contribution in [-0.4, -0.2) is 32.0 Å². The molecular weight excluding hydrogens is 387 g/mol. The lowest BCUT2D eigenvalue weighted by atomic mass is 10.3. The Morgan fingerprint density at radius 3 is 2.62 bits per heavy atom. The van der Waals surface area contributed by atoms with Crippen LogP contribution in [0.1, 0.15) is 28.3 Å². The predicted octanol–water partition coefficient (Wildman–Crippen LogP) is 3.26. The summed E-state index contributed by atoms with van der Waals surface area (Å²) in [6.07, 6.45) is -2.40. The third-order valence-corrected chi connectivity index (χ3v) is 4.08. The highest BCUT2D eigenvalue weighted by Gasteiger charge is 2.34. The number of hydrogen-bond donors (Lipinski definition) is 1. The normalized spacial score (nSPS) is 11.4. The maximum atomic E-state index is 12.7. The Kier molecular flexibility index (Phi) is 6.20. The van der Waals surface area contributed by atoms with Crippen molar-refractivity contribution >= 4 is 5.91 Å². The van der Waals surface area contributed by atoms with Gasteiger partial charge in [-0.15, -0.1) is 0 Å². The van der Waals surface area contributed by atoms with E-state index in [2.05, 4.69) is 15.5 Å². The zero-order valence-electron chi connectivity index (χ0n) is 15.7. The molecule has 1 amide bonds. The number of carbonyl (C=O) groups excluding carboxylic acids is 1. The molecule has 1 N–H and O–H groups in total. The molecule has 0 unspecified atom stereocenters. The van der Waals surface area contributed by atoms with Crippen molar-refractivity contribution in [3.8, 4) is 5.75 Å². The summed E-state index contributed by atoms with van der Waals surface area (Å²) in [6.45, 7) is 2.27. The third-order valence-electron chi connectivity index (χ3n) is 4.08. The van der Waals surface area contributed by atoms with E-state index in [1.165, 1.54) is 9.36 Å². The lowest BCUT2D eigenvalue weighted by Crippen LogP contribution is -2.26. The molecule has 0 fully saturated rings. The van der Waals surface area contributed by atoms with E-state index in [4.69, 9.17) is 4.74 Å². The van der Waals surface area contributed by atoms with Gasteiger partial charge in [-0.1, -0.05) is 18.2 Å². The fraction of sp³-hybridized carbons (Fsp3) is 0.316. The fourth-order valence-corrected chi connectivity index (χ4v) is 2.61. The number of ether oxygens (including phenoxy) is 1. The second kappa shape index (κ2) is 8.80. The van der Waals surface area contributed by atoms with Crippen molar-refractivity contribution in [2.45, 2.75) is 32.8 Å². The average Bonchev–Trinajstić information content (AvgIpc) is 3.31. The fourth-order valence-electron chi connectivity index (χ4n) is 2.61. The van der Waals surface area contributed by atoms with Crippen LogP contribution in [0.25, 0.3) is 0 Å². The van der Waals surface area contributed by atoms with Crippen molar-refractivity contribution in [2.75, 3.05) is 6.54 Å². The molecule has 1 aromatic carbocycles. The Morgan fingerprint density at radius 2 is 1.93 bits per heavy atom. The molecule has 3 rings (SSSR count). The van der Waals surface area contributed by atoms with Crippen molar-refractivity contribution < 1.29 is 22.7 Å². The lowest BCUT2D eigenvalue weighted by molar-refractivity contribution is -0.141. The molecule has 0 aliphatic rings. The van der Waals surface area contributed by atoms with Gasteiger partial charge >= 0.3 is 6.18 Å². The van der Waals surface area contributed by atoms with Crippen molar-refractivity contribution in [1.29, 1.82) is 0 Å². The van der Waals surface area contributed by atoms with Crippen LogP contribution in [0.3, 0.4) is 0 Å². The molecule has 0 bridgehead atoms. The molecule has 7 nitrogen and oxygen atoms in total. The SMILES string of the molecule is Cc1cc(C(F)(F)F)nn1CCCNC(=O)c1ccn(COc2ccccc2)n1. The summed E-state index contributed by atoms with van der Waals surface area (Å²) in [6, 6.07) is 11.8. The van der Waals surface area contributed by atoms with E-state index in [0.717, 1.165) is 6.07 Å². The van der Waals surface area contributed by atoms with Crippen LogP contribution in [0.2, 0.25) is 0 Å². The molecular formula is C19H20F3N5O2. The summed E-state index contributed by atoms with van der Waals surface area (Å²) < 4.78 is 46.3. The zero-order chi connectivity index (χ0) is 20.9. The van der Waals surface area contributed by atoms with Gasteiger partial charge in [-0.25, -0.2) is 4.68 Å². The minimum atomic E-state index is -4.47. The van der Waals surface area contributed by atoms with Gasteiger partial charge in [-0.05, 0) is 37.6 Å². The smallest absolute Gasteiger partial charge is 0.435 e. The van der Waals surface area contributed by atoms with E-state index >= 15 is 0 Å². The molecule has 0 saturated heterocycles. The molecule has 0 aliphatic heterocycles. The second-order valence-corrected chi connectivity index (χ2v) is 6.33. The van der Waals surface area contributed by atoms with Gasteiger partial charge < -0.3 is 10.1 Å². The van der Waals surface area contributed by atoms with Crippen LogP contribution >= 0.6 is 0 Å². The summed E-state index contributed by atoms with van der Waals surface area (Å²) in [5.41, 5.74) is -0.264. The Morgan fingerprint density at radius 1 is 1.17 bits per heavy atom. The van der Waals surface area contributed by atoms with Gasteiger partial charge in [-0.3, -0.25) is 9.48 Å². The van der Waals surface area contributed by atoms with Crippen molar-refractivity contribution in [2.24, 2.45) is 0 Å². The predicted molar refractivity (Wildman–Crippen MR) is 98.2 cm³/mol. The van der Waals surface area contributed by atoms with Gasteiger partial charge in [0.15, 0.2) is 12.4 Å². The van der Waals surface area contributed by atoms with Crippen LogP contribution in [0.15, 0.2) is 48.7 Å². The number of aromatic nitrogens is 4. The molecule has 10 heteroatoms. The number of para-hydroxylation sites is 1. The highest BCUT2D eigenvalue weighted by atomic mass is 19.4. The standard InChI is InChI=1S/C19H20F3N5O2/c1-14-12-17(19(20,21)22)25-27(14)10-5-9-23-18(28)16-8-11-26(24-16)13-29-15-6-3-2-4-7-15/h2-4,6-8,11-12H,5,9-10,13H2,1H3,(H,23,28). The molecule has 0 atom stereocenters. The van der Waals surface area contributed by atoms with E-state index < -0.39 is 11.9 Å². The number of alkyl halides is 3. The van der Waals surface area contributed by atoms with Crippen molar-refractivity contribution in [3.63, 3.8) is 0 Å². The first-order valence-corrected chi connectivity index (χ1v) is 8.94. The van der Waals surface area contributed by atoms with Crippen molar-refractivity contribution in [3.05, 3.63) is 65.7 Å². The van der Waals surface area contributed by atoms with E-state index in [-0.39, 0.29) is 31.4 Å². The molecule has 0 radical (unpaired) electrons. The molecule has 2 heterocycles. The first-order valence-electron chi connectivity index (χ1n) is 8.94. The molecule has 154 valence electrons. The second-order valence-electron chi connectivity index (χ2n) is 6.33. The Labute approximate surface area is 165 Å². The first kappa shape index (κ1) is 20.4. The Bertz CT molecular complexity index is 950. The van der Waals surface area contributed by atoms with E-state index in [0.29, 0.717) is 17.9 Å². The average molecular weight is 407 g/mol. The van der Waals surface area contributed by atoms with Crippen LogP contribution in [0.4, 0.5) is 13.2 Å². The number of halogens is 3. The number of rotatable bonds is 8. The largest absolute Gasteiger partial charge is 0.471 e. The summed E-state index contributed by atoms with van der Waals surface area (Å²) in [7, 11) is 0. The van der Waals surface area contributed by atoms with Gasteiger partial charge in [0.05, 0.1) is 0 Å². The van der Waals surface area contributed by atoms with Crippen LogP contribution in [0, 0.1) is 6.92 Å². The minimum absolute atomic E-state index is 0.164. The van der Waals surface area contributed by atoms with Gasteiger partial charge in [0.25, 0.3) is 5.91 Å². The first-order chi connectivity index (χ1) is 13.8. The van der Waals surface area contributed by atoms with Crippen LogP contribution < -0.4 is 10.1 Å². The maximum Gasteiger partial charge on any atom is 0.435 e. The molecule has 0 spiro atoms.